The van der Waals surface area contributed by atoms with Gasteiger partial charge in [-0.25, -0.2) is 0 Å². The van der Waals surface area contributed by atoms with Crippen molar-refractivity contribution in [1.82, 2.24) is 15.6 Å². The first-order valence-corrected chi connectivity index (χ1v) is 8.09. The molecule has 4 heteroatoms. The second-order valence-electron chi connectivity index (χ2n) is 5.77. The van der Waals surface area contributed by atoms with Crippen molar-refractivity contribution in [2.45, 2.75) is 33.4 Å². The van der Waals surface area contributed by atoms with Gasteiger partial charge in [-0.15, -0.1) is 0 Å². The molecular weight excluding hydrogens is 286 g/mol. The number of furan rings is 1. The molecular formula is C19H23N3O. The maximum absolute atomic E-state index is 5.70. The summed E-state index contributed by atoms with van der Waals surface area (Å²) in [4.78, 5) is 4.30. The Bertz CT molecular complexity index is 713. The van der Waals surface area contributed by atoms with Crippen LogP contribution in [0.5, 0.6) is 0 Å². The summed E-state index contributed by atoms with van der Waals surface area (Å²) >= 11 is 0. The number of dihydropyridines is 1. The first kappa shape index (κ1) is 15.6. The van der Waals surface area contributed by atoms with Crippen LogP contribution in [0.4, 0.5) is 0 Å². The van der Waals surface area contributed by atoms with E-state index in [2.05, 4.69) is 41.6 Å². The van der Waals surface area contributed by atoms with Crippen LogP contribution in [-0.2, 0) is 13.1 Å². The lowest BCUT2D eigenvalue weighted by Gasteiger charge is -2.18. The predicted molar refractivity (Wildman–Crippen MR) is 92.5 cm³/mol. The number of allylic oxidation sites excluding steroid dienone is 3. The van der Waals surface area contributed by atoms with E-state index < -0.39 is 0 Å². The smallest absolute Gasteiger partial charge is 0.118 e. The van der Waals surface area contributed by atoms with Gasteiger partial charge < -0.3 is 15.1 Å². The lowest BCUT2D eigenvalue weighted by Crippen LogP contribution is -2.19. The molecule has 0 radical (unpaired) electrons. The molecule has 0 saturated carbocycles. The van der Waals surface area contributed by atoms with Gasteiger partial charge >= 0.3 is 0 Å². The number of nitrogens with zero attached hydrogens (tertiary/aromatic N) is 1. The van der Waals surface area contributed by atoms with Gasteiger partial charge in [0.25, 0.3) is 0 Å². The largest absolute Gasteiger partial charge is 0.467 e. The Labute approximate surface area is 137 Å². The molecule has 0 bridgehead atoms. The van der Waals surface area contributed by atoms with Crippen LogP contribution in [0, 0.1) is 0 Å². The summed E-state index contributed by atoms with van der Waals surface area (Å²) < 4.78 is 5.70. The minimum Gasteiger partial charge on any atom is -0.467 e. The number of nitrogens with one attached hydrogen (secondary N) is 2. The number of aromatic nitrogens is 1. The molecule has 0 fully saturated rings. The average Bonchev–Trinajstić information content (AvgIpc) is 3.05. The Morgan fingerprint density at radius 1 is 1.30 bits per heavy atom. The van der Waals surface area contributed by atoms with Crippen LogP contribution in [0.2, 0.25) is 0 Å². The third kappa shape index (κ3) is 3.90. The third-order valence-electron chi connectivity index (χ3n) is 4.08. The Morgan fingerprint density at radius 3 is 3.00 bits per heavy atom. The molecule has 120 valence electrons. The van der Waals surface area contributed by atoms with Gasteiger partial charge in [0.1, 0.15) is 5.76 Å². The van der Waals surface area contributed by atoms with E-state index in [0.29, 0.717) is 6.54 Å². The maximum atomic E-state index is 5.70. The number of hydrogen-bond donors (Lipinski definition) is 2. The van der Waals surface area contributed by atoms with Crippen LogP contribution in [-0.4, -0.2) is 11.5 Å². The molecule has 0 aromatic carbocycles. The molecule has 2 aromatic heterocycles. The van der Waals surface area contributed by atoms with Crippen molar-refractivity contribution in [2.75, 3.05) is 6.54 Å². The molecule has 4 nitrogen and oxygen atoms in total. The van der Waals surface area contributed by atoms with E-state index in [1.54, 1.807) is 0 Å². The highest BCUT2D eigenvalue weighted by molar-refractivity contribution is 5.77. The fourth-order valence-electron chi connectivity index (χ4n) is 2.66. The lowest BCUT2D eigenvalue weighted by atomic mass is 9.99. The Kier molecular flexibility index (Phi) is 4.93. The van der Waals surface area contributed by atoms with Gasteiger partial charge in [-0.1, -0.05) is 24.6 Å². The topological polar surface area (TPSA) is 50.1 Å². The molecule has 23 heavy (non-hydrogen) atoms. The predicted octanol–water partition coefficient (Wildman–Crippen LogP) is 3.64. The fraction of sp³-hybridized carbons (Fsp3) is 0.316. The summed E-state index contributed by atoms with van der Waals surface area (Å²) in [6.07, 6.45) is 7.00. The van der Waals surface area contributed by atoms with E-state index in [1.807, 2.05) is 30.7 Å². The molecule has 3 heterocycles. The normalized spacial score (nSPS) is 14.6. The van der Waals surface area contributed by atoms with E-state index >= 15 is 0 Å². The van der Waals surface area contributed by atoms with E-state index in [4.69, 9.17) is 4.42 Å². The molecule has 1 aliphatic heterocycles. The Morgan fingerprint density at radius 2 is 2.22 bits per heavy atom. The van der Waals surface area contributed by atoms with Gasteiger partial charge in [-0.3, -0.25) is 4.98 Å². The molecule has 2 aromatic rings. The minimum absolute atomic E-state index is 0.695. The maximum Gasteiger partial charge on any atom is 0.118 e. The van der Waals surface area contributed by atoms with Crippen molar-refractivity contribution in [2.24, 2.45) is 0 Å². The van der Waals surface area contributed by atoms with E-state index in [-0.39, 0.29) is 0 Å². The van der Waals surface area contributed by atoms with Crippen LogP contribution >= 0.6 is 0 Å². The quantitative estimate of drug-likeness (QED) is 0.855. The zero-order valence-electron chi connectivity index (χ0n) is 13.7. The molecule has 3 rings (SSSR count). The van der Waals surface area contributed by atoms with Gasteiger partial charge in [-0.2, -0.15) is 0 Å². The average molecular weight is 309 g/mol. The van der Waals surface area contributed by atoms with Crippen molar-refractivity contribution < 1.29 is 4.42 Å². The summed E-state index contributed by atoms with van der Waals surface area (Å²) in [6, 6.07) is 8.05. The minimum atomic E-state index is 0.695. The van der Waals surface area contributed by atoms with E-state index in [9.17, 15) is 0 Å². The second-order valence-corrected chi connectivity index (χ2v) is 5.77. The molecule has 2 N–H and O–H groups in total. The SMILES string of the molecule is CCC1=CC(c2coc(CNCc3ccccn3)c2)=C(C)NC1. The first-order chi connectivity index (χ1) is 11.3. The molecule has 0 spiro atoms. The summed E-state index contributed by atoms with van der Waals surface area (Å²) in [5.74, 6) is 0.938. The zero-order chi connectivity index (χ0) is 16.1. The molecule has 0 amide bonds. The highest BCUT2D eigenvalue weighted by Gasteiger charge is 2.13. The van der Waals surface area contributed by atoms with Crippen molar-refractivity contribution in [1.29, 1.82) is 0 Å². The molecule has 0 unspecified atom stereocenters. The standard InChI is InChI=1S/C19H23N3O/c1-3-15-8-19(14(2)22-10-15)16-9-18(23-13-16)12-20-11-17-6-4-5-7-21-17/h4-9,13,20,22H,3,10-12H2,1-2H3. The first-order valence-electron chi connectivity index (χ1n) is 8.09. The van der Waals surface area contributed by atoms with Gasteiger partial charge in [0.05, 0.1) is 18.5 Å². The molecule has 0 saturated heterocycles. The van der Waals surface area contributed by atoms with Crippen LogP contribution in [0.3, 0.4) is 0 Å². The lowest BCUT2D eigenvalue weighted by molar-refractivity contribution is 0.481. The number of rotatable bonds is 6. The van der Waals surface area contributed by atoms with Gasteiger partial charge in [0.15, 0.2) is 0 Å². The van der Waals surface area contributed by atoms with Crippen molar-refractivity contribution in [3.05, 3.63) is 71.1 Å². The van der Waals surface area contributed by atoms with Crippen LogP contribution in [0.25, 0.3) is 5.57 Å². The Balaban J connectivity index is 1.63. The molecule has 0 aliphatic carbocycles. The van der Waals surface area contributed by atoms with E-state index in [0.717, 1.165) is 36.5 Å². The summed E-state index contributed by atoms with van der Waals surface area (Å²) in [7, 11) is 0. The summed E-state index contributed by atoms with van der Waals surface area (Å²) in [5.41, 5.74) is 6.02. The Hall–Kier alpha value is -2.33. The molecule has 0 atom stereocenters. The van der Waals surface area contributed by atoms with Crippen molar-refractivity contribution >= 4 is 5.57 Å². The van der Waals surface area contributed by atoms with Crippen LogP contribution < -0.4 is 10.6 Å². The highest BCUT2D eigenvalue weighted by atomic mass is 16.3. The summed E-state index contributed by atoms with van der Waals surface area (Å²) in [5, 5.41) is 6.81. The monoisotopic (exact) mass is 309 g/mol. The van der Waals surface area contributed by atoms with E-state index in [1.165, 1.54) is 16.8 Å². The third-order valence-corrected chi connectivity index (χ3v) is 4.08. The van der Waals surface area contributed by atoms with Crippen LogP contribution in [0.15, 0.2) is 58.5 Å². The van der Waals surface area contributed by atoms with Crippen LogP contribution in [0.1, 0.15) is 37.3 Å². The summed E-state index contributed by atoms with van der Waals surface area (Å²) in [6.45, 7) is 6.68. The van der Waals surface area contributed by atoms with Gasteiger partial charge in [-0.05, 0) is 31.5 Å². The number of pyridine rings is 1. The fourth-order valence-corrected chi connectivity index (χ4v) is 2.66. The van der Waals surface area contributed by atoms with Gasteiger partial charge in [0, 0.05) is 36.1 Å². The second kappa shape index (κ2) is 7.29. The van der Waals surface area contributed by atoms with Gasteiger partial charge in [0.2, 0.25) is 0 Å². The number of hydrogen-bond acceptors (Lipinski definition) is 4. The molecule has 1 aliphatic rings. The van der Waals surface area contributed by atoms with Crippen molar-refractivity contribution in [3.63, 3.8) is 0 Å². The van der Waals surface area contributed by atoms with Crippen molar-refractivity contribution in [3.8, 4) is 0 Å². The zero-order valence-corrected chi connectivity index (χ0v) is 13.7. The highest BCUT2D eigenvalue weighted by Crippen LogP contribution is 2.26.